The minimum absolute atomic E-state index is 0.0404. The third-order valence-corrected chi connectivity index (χ3v) is 7.77. The first-order valence-corrected chi connectivity index (χ1v) is 12.4. The number of hydrogen-bond acceptors (Lipinski definition) is 4. The van der Waals surface area contributed by atoms with Crippen molar-refractivity contribution in [3.63, 3.8) is 0 Å². The maximum Gasteiger partial charge on any atom is 0.145 e. The Morgan fingerprint density at radius 1 is 1.03 bits per heavy atom. The zero-order valence-corrected chi connectivity index (χ0v) is 19.4. The van der Waals surface area contributed by atoms with Gasteiger partial charge in [-0.05, 0) is 67.7 Å². The van der Waals surface area contributed by atoms with Crippen LogP contribution >= 0.6 is 0 Å². The lowest BCUT2D eigenvalue weighted by atomic mass is 9.85. The highest BCUT2D eigenvalue weighted by Gasteiger charge is 2.42. The van der Waals surface area contributed by atoms with Crippen LogP contribution < -0.4 is 4.74 Å². The molecule has 1 saturated heterocycles. The second-order valence-corrected chi connectivity index (χ2v) is 10.9. The summed E-state index contributed by atoms with van der Waals surface area (Å²) in [5.74, 6) is 1.91. The van der Waals surface area contributed by atoms with Gasteiger partial charge in [-0.15, -0.1) is 0 Å². The topological polar surface area (TPSA) is 34.1 Å². The highest BCUT2D eigenvalue weighted by Crippen LogP contribution is 2.49. The Morgan fingerprint density at radius 3 is 2.56 bits per heavy atom. The molecule has 0 amide bonds. The van der Waals surface area contributed by atoms with Crippen molar-refractivity contribution in [1.82, 2.24) is 4.90 Å². The summed E-state index contributed by atoms with van der Waals surface area (Å²) in [6.07, 6.45) is 7.88. The fraction of sp³-hybridized carbons (Fsp3) is 0.536. The molecule has 0 radical (unpaired) electrons. The summed E-state index contributed by atoms with van der Waals surface area (Å²) in [5, 5.41) is 4.47. The van der Waals surface area contributed by atoms with Crippen molar-refractivity contribution in [3.8, 4) is 5.75 Å². The van der Waals surface area contributed by atoms with Gasteiger partial charge in [-0.1, -0.05) is 47.6 Å². The predicted molar refractivity (Wildman–Crippen MR) is 127 cm³/mol. The molecule has 1 saturated carbocycles. The van der Waals surface area contributed by atoms with Gasteiger partial charge >= 0.3 is 0 Å². The summed E-state index contributed by atoms with van der Waals surface area (Å²) in [4.78, 5) is 8.64. The van der Waals surface area contributed by atoms with Gasteiger partial charge in [0, 0.05) is 38.9 Å². The summed E-state index contributed by atoms with van der Waals surface area (Å²) in [7, 11) is 0. The van der Waals surface area contributed by atoms with Crippen LogP contribution in [0.5, 0.6) is 5.75 Å². The molecule has 0 N–H and O–H groups in total. The molecule has 2 aromatic carbocycles. The van der Waals surface area contributed by atoms with Gasteiger partial charge in [0.2, 0.25) is 0 Å². The van der Waals surface area contributed by atoms with E-state index >= 15 is 0 Å². The second kappa shape index (κ2) is 7.62. The molecule has 2 fully saturated rings. The average molecular weight is 431 g/mol. The SMILES string of the molecule is CC1(C)CCc2cc(CN3CCC4(CC3)CC(c3ccccc3)=NO4)cc(C3CC3)c2O1. The number of hydrogen-bond donors (Lipinski definition) is 0. The number of rotatable bonds is 4. The second-order valence-electron chi connectivity index (χ2n) is 10.9. The van der Waals surface area contributed by atoms with Crippen molar-refractivity contribution in [1.29, 1.82) is 0 Å². The van der Waals surface area contributed by atoms with E-state index in [1.54, 1.807) is 0 Å². The molecule has 32 heavy (non-hydrogen) atoms. The molecule has 4 aliphatic rings. The van der Waals surface area contributed by atoms with E-state index in [-0.39, 0.29) is 11.2 Å². The monoisotopic (exact) mass is 430 g/mol. The van der Waals surface area contributed by atoms with Gasteiger partial charge in [0.15, 0.2) is 0 Å². The molecular weight excluding hydrogens is 396 g/mol. The summed E-state index contributed by atoms with van der Waals surface area (Å²) in [6, 6.07) is 15.3. The van der Waals surface area contributed by atoms with Crippen LogP contribution in [0, 0.1) is 0 Å². The molecule has 4 nitrogen and oxygen atoms in total. The minimum atomic E-state index is -0.101. The Balaban J connectivity index is 1.12. The molecule has 0 unspecified atom stereocenters. The predicted octanol–water partition coefficient (Wildman–Crippen LogP) is 5.83. The Kier molecular flexibility index (Phi) is 4.83. The van der Waals surface area contributed by atoms with Gasteiger partial charge in [0.1, 0.15) is 17.0 Å². The maximum absolute atomic E-state index is 6.46. The van der Waals surface area contributed by atoms with Crippen LogP contribution in [0.4, 0.5) is 0 Å². The van der Waals surface area contributed by atoms with E-state index in [0.29, 0.717) is 5.92 Å². The van der Waals surface area contributed by atoms with Gasteiger partial charge < -0.3 is 9.57 Å². The molecule has 3 aliphatic heterocycles. The number of nitrogens with zero attached hydrogens (tertiary/aromatic N) is 2. The van der Waals surface area contributed by atoms with Gasteiger partial charge in [-0.3, -0.25) is 4.90 Å². The highest BCUT2D eigenvalue weighted by molar-refractivity contribution is 6.01. The zero-order chi connectivity index (χ0) is 21.8. The maximum atomic E-state index is 6.46. The molecule has 1 spiro atoms. The summed E-state index contributed by atoms with van der Waals surface area (Å²) >= 11 is 0. The number of oxime groups is 1. The zero-order valence-electron chi connectivity index (χ0n) is 19.4. The first-order chi connectivity index (χ1) is 15.5. The molecule has 4 heteroatoms. The molecule has 0 aromatic heterocycles. The highest BCUT2D eigenvalue weighted by atomic mass is 16.7. The van der Waals surface area contributed by atoms with Crippen molar-refractivity contribution in [2.24, 2.45) is 5.16 Å². The summed E-state index contributed by atoms with van der Waals surface area (Å²) in [5.41, 5.74) is 6.51. The first kappa shape index (κ1) is 20.3. The lowest BCUT2D eigenvalue weighted by Gasteiger charge is -2.38. The molecule has 0 bridgehead atoms. The van der Waals surface area contributed by atoms with Crippen LogP contribution in [-0.4, -0.2) is 34.9 Å². The van der Waals surface area contributed by atoms with Crippen molar-refractivity contribution < 1.29 is 9.57 Å². The lowest BCUT2D eigenvalue weighted by molar-refractivity contribution is -0.0627. The molecule has 168 valence electrons. The molecular formula is C28H34N2O2. The van der Waals surface area contributed by atoms with Crippen LogP contribution in [0.25, 0.3) is 0 Å². The molecule has 2 aromatic rings. The number of likely N-dealkylation sites (tertiary alicyclic amines) is 1. The van der Waals surface area contributed by atoms with Crippen molar-refractivity contribution in [2.75, 3.05) is 13.1 Å². The third kappa shape index (κ3) is 3.94. The number of benzene rings is 2. The van der Waals surface area contributed by atoms with Gasteiger partial charge in [-0.2, -0.15) is 0 Å². The standard InChI is InChI=1S/C28H34N2O2/c1-27(2)11-10-23-16-20(17-24(21-8-9-21)26(23)31-27)19-30-14-12-28(13-15-30)18-25(29-32-28)22-6-4-3-5-7-22/h3-7,16-17,21H,8-15,18-19H2,1-2H3. The molecule has 1 aliphatic carbocycles. The molecule has 3 heterocycles. The van der Waals surface area contributed by atoms with Crippen LogP contribution in [0.2, 0.25) is 0 Å². The van der Waals surface area contributed by atoms with Gasteiger partial charge in [0.05, 0.1) is 5.71 Å². The van der Waals surface area contributed by atoms with Gasteiger partial charge in [0.25, 0.3) is 0 Å². The van der Waals surface area contributed by atoms with Crippen molar-refractivity contribution in [2.45, 2.75) is 82.5 Å². The fourth-order valence-corrected chi connectivity index (χ4v) is 5.60. The van der Waals surface area contributed by atoms with E-state index in [1.807, 2.05) is 0 Å². The van der Waals surface area contributed by atoms with Crippen molar-refractivity contribution in [3.05, 3.63) is 64.7 Å². The van der Waals surface area contributed by atoms with E-state index < -0.39 is 0 Å². The Labute approximate surface area is 191 Å². The number of fused-ring (bicyclic) bond motifs is 1. The van der Waals surface area contributed by atoms with Crippen LogP contribution in [0.3, 0.4) is 0 Å². The Bertz CT molecular complexity index is 1030. The van der Waals surface area contributed by atoms with E-state index in [2.05, 4.69) is 66.4 Å². The van der Waals surface area contributed by atoms with E-state index in [4.69, 9.17) is 9.57 Å². The quantitative estimate of drug-likeness (QED) is 0.612. The van der Waals surface area contributed by atoms with E-state index in [9.17, 15) is 0 Å². The van der Waals surface area contributed by atoms with Gasteiger partial charge in [-0.25, -0.2) is 0 Å². The minimum Gasteiger partial charge on any atom is -0.487 e. The van der Waals surface area contributed by atoms with E-state index in [0.717, 1.165) is 57.5 Å². The lowest BCUT2D eigenvalue weighted by Crippen LogP contribution is -2.44. The Morgan fingerprint density at radius 2 is 1.81 bits per heavy atom. The van der Waals surface area contributed by atoms with Crippen molar-refractivity contribution >= 4 is 5.71 Å². The molecule has 0 atom stereocenters. The summed E-state index contributed by atoms with van der Waals surface area (Å²) < 4.78 is 6.46. The smallest absolute Gasteiger partial charge is 0.145 e. The number of piperidine rings is 1. The fourth-order valence-electron chi connectivity index (χ4n) is 5.60. The summed E-state index contributed by atoms with van der Waals surface area (Å²) in [6.45, 7) is 7.61. The molecule has 6 rings (SSSR count). The Hall–Kier alpha value is -2.33. The van der Waals surface area contributed by atoms with Crippen LogP contribution in [0.1, 0.15) is 80.5 Å². The largest absolute Gasteiger partial charge is 0.487 e. The number of ether oxygens (including phenoxy) is 1. The average Bonchev–Trinajstić information content (AvgIpc) is 3.56. The van der Waals surface area contributed by atoms with Crippen LogP contribution in [0.15, 0.2) is 47.6 Å². The normalized spacial score (nSPS) is 23.9. The number of aryl methyl sites for hydroxylation is 1. The van der Waals surface area contributed by atoms with E-state index in [1.165, 1.54) is 40.8 Å². The first-order valence-electron chi connectivity index (χ1n) is 12.4. The van der Waals surface area contributed by atoms with Crippen LogP contribution in [-0.2, 0) is 17.8 Å². The third-order valence-electron chi connectivity index (χ3n) is 7.77.